The first-order valence-corrected chi connectivity index (χ1v) is 9.88. The smallest absolute Gasteiger partial charge is 0.222 e. The van der Waals surface area contributed by atoms with E-state index in [0.717, 1.165) is 41.1 Å². The van der Waals surface area contributed by atoms with Crippen LogP contribution in [-0.2, 0) is 4.79 Å². The zero-order chi connectivity index (χ0) is 20.4. The number of carbonyl (C=O) groups excluding carboxylic acids is 1. The average Bonchev–Trinajstić information content (AvgIpc) is 3.21. The fourth-order valence-corrected chi connectivity index (χ4v) is 3.58. The van der Waals surface area contributed by atoms with E-state index in [2.05, 4.69) is 16.3 Å². The number of anilines is 1. The summed E-state index contributed by atoms with van der Waals surface area (Å²) in [6, 6.07) is 17.5. The second kappa shape index (κ2) is 7.88. The summed E-state index contributed by atoms with van der Waals surface area (Å²) in [7, 11) is 0. The Morgan fingerprint density at radius 1 is 1.17 bits per heavy atom. The van der Waals surface area contributed by atoms with Crippen LogP contribution in [0.15, 0.2) is 48.5 Å². The summed E-state index contributed by atoms with van der Waals surface area (Å²) < 4.78 is 0. The third kappa shape index (κ3) is 3.90. The third-order valence-electron chi connectivity index (χ3n) is 5.18. The van der Waals surface area contributed by atoms with E-state index in [-0.39, 0.29) is 17.9 Å². The van der Waals surface area contributed by atoms with Gasteiger partial charge in [-0.25, -0.2) is 9.97 Å². The molecule has 2 heterocycles. The lowest BCUT2D eigenvalue weighted by atomic mass is 10.1. The molecule has 146 valence electrons. The van der Waals surface area contributed by atoms with Crippen LogP contribution in [0.1, 0.15) is 25.8 Å². The first kappa shape index (κ1) is 18.9. The van der Waals surface area contributed by atoms with Crippen LogP contribution in [0.5, 0.6) is 0 Å². The van der Waals surface area contributed by atoms with Crippen LogP contribution in [0.3, 0.4) is 0 Å². The number of nitrogens with one attached hydrogen (secondary N) is 1. The van der Waals surface area contributed by atoms with Crippen molar-refractivity contribution in [3.63, 3.8) is 0 Å². The van der Waals surface area contributed by atoms with E-state index in [4.69, 9.17) is 9.97 Å². The summed E-state index contributed by atoms with van der Waals surface area (Å²) in [6.45, 7) is 5.28. The van der Waals surface area contributed by atoms with Gasteiger partial charge in [0.1, 0.15) is 5.69 Å². The van der Waals surface area contributed by atoms with E-state index in [9.17, 15) is 10.1 Å². The van der Waals surface area contributed by atoms with Gasteiger partial charge in [0.15, 0.2) is 5.82 Å². The van der Waals surface area contributed by atoms with Gasteiger partial charge in [0, 0.05) is 30.6 Å². The first-order valence-electron chi connectivity index (χ1n) is 9.88. The first-order chi connectivity index (χ1) is 14.0. The van der Waals surface area contributed by atoms with Crippen LogP contribution >= 0.6 is 0 Å². The third-order valence-corrected chi connectivity index (χ3v) is 5.18. The summed E-state index contributed by atoms with van der Waals surface area (Å²) in [5, 5.41) is 12.4. The maximum atomic E-state index is 12.1. The maximum absolute atomic E-state index is 12.1. The molecule has 0 saturated carbocycles. The Hall–Kier alpha value is -3.46. The monoisotopic (exact) mass is 385 g/mol. The Bertz CT molecular complexity index is 1100. The molecule has 29 heavy (non-hydrogen) atoms. The van der Waals surface area contributed by atoms with Gasteiger partial charge in [-0.05, 0) is 30.7 Å². The summed E-state index contributed by atoms with van der Waals surface area (Å²) in [5.74, 6) is 0.831. The molecule has 1 fully saturated rings. The molecule has 0 aliphatic carbocycles. The molecular formula is C23H23N5O. The molecule has 0 unspecified atom stereocenters. The Balaban J connectivity index is 1.73. The van der Waals surface area contributed by atoms with Crippen LogP contribution in [0, 0.1) is 17.2 Å². The van der Waals surface area contributed by atoms with Gasteiger partial charge in [0.05, 0.1) is 22.7 Å². The number of rotatable bonds is 4. The minimum absolute atomic E-state index is 0.0335. The van der Waals surface area contributed by atoms with Crippen molar-refractivity contribution in [1.82, 2.24) is 15.3 Å². The van der Waals surface area contributed by atoms with Crippen molar-refractivity contribution < 1.29 is 4.79 Å². The van der Waals surface area contributed by atoms with Crippen LogP contribution in [-0.4, -0.2) is 35.0 Å². The standard InChI is InChI=1S/C23H23N5O/c1-15(2)23(29)25-18-10-11-28(14-18)22-21(17-7-5-6-16(12-17)13-24)26-19-8-3-4-9-20(19)27-22/h3-9,12,15,18H,10-11,14H2,1-2H3,(H,25,29)/t18-/m0/s1. The Labute approximate surface area is 170 Å². The lowest BCUT2D eigenvalue weighted by Crippen LogP contribution is -2.39. The van der Waals surface area contributed by atoms with Gasteiger partial charge < -0.3 is 10.2 Å². The number of benzene rings is 2. The number of hydrogen-bond acceptors (Lipinski definition) is 5. The molecule has 6 heteroatoms. The van der Waals surface area contributed by atoms with E-state index in [1.807, 2.05) is 56.3 Å². The molecule has 1 aromatic heterocycles. The van der Waals surface area contributed by atoms with E-state index in [1.54, 1.807) is 6.07 Å². The molecule has 6 nitrogen and oxygen atoms in total. The van der Waals surface area contributed by atoms with Crippen molar-refractivity contribution in [2.45, 2.75) is 26.3 Å². The number of nitrogens with zero attached hydrogens (tertiary/aromatic N) is 4. The number of hydrogen-bond donors (Lipinski definition) is 1. The molecule has 3 aromatic rings. The quantitative estimate of drug-likeness (QED) is 0.743. The van der Waals surface area contributed by atoms with E-state index in [1.165, 1.54) is 0 Å². The second-order valence-electron chi connectivity index (χ2n) is 7.67. The SMILES string of the molecule is CC(C)C(=O)N[C@H]1CCN(c2nc3ccccc3nc2-c2cccc(C#N)c2)C1. The van der Waals surface area contributed by atoms with Crippen molar-refractivity contribution in [2.75, 3.05) is 18.0 Å². The number of fused-ring (bicyclic) bond motifs is 1. The van der Waals surface area contributed by atoms with Crippen molar-refractivity contribution in [3.8, 4) is 17.3 Å². The Morgan fingerprint density at radius 3 is 2.66 bits per heavy atom. The normalized spacial score (nSPS) is 16.2. The zero-order valence-electron chi connectivity index (χ0n) is 16.6. The Morgan fingerprint density at radius 2 is 1.93 bits per heavy atom. The van der Waals surface area contributed by atoms with Crippen LogP contribution in [0.4, 0.5) is 5.82 Å². The van der Waals surface area contributed by atoms with Gasteiger partial charge in [-0.1, -0.05) is 38.1 Å². The molecule has 4 rings (SSSR count). The second-order valence-corrected chi connectivity index (χ2v) is 7.67. The topological polar surface area (TPSA) is 81.9 Å². The van der Waals surface area contributed by atoms with E-state index in [0.29, 0.717) is 12.1 Å². The molecule has 1 N–H and O–H groups in total. The highest BCUT2D eigenvalue weighted by molar-refractivity contribution is 5.84. The molecule has 1 saturated heterocycles. The molecule has 0 bridgehead atoms. The lowest BCUT2D eigenvalue weighted by molar-refractivity contribution is -0.124. The summed E-state index contributed by atoms with van der Waals surface area (Å²) in [6.07, 6.45) is 0.866. The minimum atomic E-state index is -0.0335. The van der Waals surface area contributed by atoms with Gasteiger partial charge >= 0.3 is 0 Å². The largest absolute Gasteiger partial charge is 0.353 e. The fraction of sp³-hybridized carbons (Fsp3) is 0.304. The lowest BCUT2D eigenvalue weighted by Gasteiger charge is -2.21. The van der Waals surface area contributed by atoms with Crippen LogP contribution in [0.25, 0.3) is 22.3 Å². The fourth-order valence-electron chi connectivity index (χ4n) is 3.58. The van der Waals surface area contributed by atoms with Crippen LogP contribution in [0.2, 0.25) is 0 Å². The number of aromatic nitrogens is 2. The molecule has 2 aromatic carbocycles. The zero-order valence-corrected chi connectivity index (χ0v) is 16.6. The molecule has 1 atom stereocenters. The summed E-state index contributed by atoms with van der Waals surface area (Å²) in [5.41, 5.74) is 3.87. The number of nitriles is 1. The highest BCUT2D eigenvalue weighted by Crippen LogP contribution is 2.32. The highest BCUT2D eigenvalue weighted by atomic mass is 16.1. The minimum Gasteiger partial charge on any atom is -0.353 e. The van der Waals surface area contributed by atoms with Crippen molar-refractivity contribution >= 4 is 22.8 Å². The van der Waals surface area contributed by atoms with Crippen molar-refractivity contribution in [1.29, 1.82) is 5.26 Å². The predicted octanol–water partition coefficient (Wildman–Crippen LogP) is 3.52. The van der Waals surface area contributed by atoms with Gasteiger partial charge in [0.2, 0.25) is 5.91 Å². The van der Waals surface area contributed by atoms with Crippen molar-refractivity contribution in [3.05, 3.63) is 54.1 Å². The molecule has 0 radical (unpaired) electrons. The van der Waals surface area contributed by atoms with E-state index < -0.39 is 0 Å². The predicted molar refractivity (Wildman–Crippen MR) is 113 cm³/mol. The number of amides is 1. The van der Waals surface area contributed by atoms with Crippen LogP contribution < -0.4 is 10.2 Å². The van der Waals surface area contributed by atoms with Gasteiger partial charge in [-0.2, -0.15) is 5.26 Å². The number of carbonyl (C=O) groups is 1. The summed E-state index contributed by atoms with van der Waals surface area (Å²) in [4.78, 5) is 24.1. The molecule has 0 spiro atoms. The number of para-hydroxylation sites is 2. The average molecular weight is 385 g/mol. The molecular weight excluding hydrogens is 362 g/mol. The highest BCUT2D eigenvalue weighted by Gasteiger charge is 2.28. The molecule has 1 aliphatic rings. The van der Waals surface area contributed by atoms with Gasteiger partial charge in [0.25, 0.3) is 0 Å². The van der Waals surface area contributed by atoms with E-state index >= 15 is 0 Å². The molecule has 1 amide bonds. The van der Waals surface area contributed by atoms with Gasteiger partial charge in [-0.3, -0.25) is 4.79 Å². The molecule has 1 aliphatic heterocycles. The Kier molecular flexibility index (Phi) is 5.13. The summed E-state index contributed by atoms with van der Waals surface area (Å²) >= 11 is 0. The maximum Gasteiger partial charge on any atom is 0.222 e. The van der Waals surface area contributed by atoms with Crippen molar-refractivity contribution in [2.24, 2.45) is 5.92 Å². The van der Waals surface area contributed by atoms with Gasteiger partial charge in [-0.15, -0.1) is 0 Å².